The summed E-state index contributed by atoms with van der Waals surface area (Å²) in [7, 11) is -2.17. The Balaban J connectivity index is 2.00. The molecule has 1 heterocycles. The Morgan fingerprint density at radius 2 is 1.72 bits per heavy atom. The Labute approximate surface area is 148 Å². The number of halogens is 1. The van der Waals surface area contributed by atoms with Crippen molar-refractivity contribution in [2.24, 2.45) is 0 Å². The zero-order valence-electron chi connectivity index (χ0n) is 15.0. The van der Waals surface area contributed by atoms with Crippen LogP contribution >= 0.6 is 0 Å². The molecule has 0 unspecified atom stereocenters. The van der Waals surface area contributed by atoms with Gasteiger partial charge in [-0.1, -0.05) is 0 Å². The van der Waals surface area contributed by atoms with E-state index in [9.17, 15) is 17.6 Å². The average molecular weight is 372 g/mol. The highest BCUT2D eigenvalue weighted by Crippen LogP contribution is 2.24. The molecular formula is C17H25FN2O4S. The molecule has 1 saturated heterocycles. The van der Waals surface area contributed by atoms with Crippen molar-refractivity contribution in [1.29, 1.82) is 0 Å². The second-order valence-electron chi connectivity index (χ2n) is 7.17. The molecule has 2 rings (SSSR count). The summed E-state index contributed by atoms with van der Waals surface area (Å²) in [6.45, 7) is 6.29. The van der Waals surface area contributed by atoms with E-state index < -0.39 is 21.4 Å². The molecule has 0 N–H and O–H groups in total. The molecule has 0 saturated carbocycles. The Hall–Kier alpha value is -1.67. The van der Waals surface area contributed by atoms with Gasteiger partial charge in [-0.15, -0.1) is 0 Å². The third-order valence-electron chi connectivity index (χ3n) is 4.12. The summed E-state index contributed by atoms with van der Waals surface area (Å²) in [4.78, 5) is 13.7. The smallest absolute Gasteiger partial charge is 0.410 e. The fourth-order valence-corrected chi connectivity index (χ4v) is 4.12. The molecule has 0 aromatic heterocycles. The van der Waals surface area contributed by atoms with Crippen molar-refractivity contribution in [1.82, 2.24) is 9.21 Å². The molecule has 25 heavy (non-hydrogen) atoms. The summed E-state index contributed by atoms with van der Waals surface area (Å²) in [5, 5.41) is 0. The summed E-state index contributed by atoms with van der Waals surface area (Å²) in [5.74, 6) is -0.479. The predicted octanol–water partition coefficient (Wildman–Crippen LogP) is 2.85. The molecule has 8 heteroatoms. The quantitative estimate of drug-likeness (QED) is 0.818. The lowest BCUT2D eigenvalue weighted by Gasteiger charge is -2.36. The minimum atomic E-state index is -3.69. The van der Waals surface area contributed by atoms with Gasteiger partial charge in [-0.3, -0.25) is 0 Å². The monoisotopic (exact) mass is 372 g/mol. The SMILES string of the molecule is CN(C1CCN(C(=O)OC(C)(C)C)CC1)S(=O)(=O)c1ccc(F)cc1. The van der Waals surface area contributed by atoms with E-state index in [0.717, 1.165) is 12.1 Å². The van der Waals surface area contributed by atoms with E-state index in [1.54, 1.807) is 25.7 Å². The number of carbonyl (C=O) groups is 1. The second-order valence-corrected chi connectivity index (χ2v) is 9.17. The molecule has 0 bridgehead atoms. The lowest BCUT2D eigenvalue weighted by Crippen LogP contribution is -2.48. The third-order valence-corrected chi connectivity index (χ3v) is 6.05. The van der Waals surface area contributed by atoms with Gasteiger partial charge in [0.25, 0.3) is 0 Å². The molecule has 0 atom stereocenters. The number of carbonyl (C=O) groups excluding carboxylic acids is 1. The molecule has 6 nitrogen and oxygen atoms in total. The number of hydrogen-bond acceptors (Lipinski definition) is 4. The van der Waals surface area contributed by atoms with E-state index in [-0.39, 0.29) is 17.0 Å². The van der Waals surface area contributed by atoms with Gasteiger partial charge in [-0.2, -0.15) is 4.31 Å². The van der Waals surface area contributed by atoms with Gasteiger partial charge in [0, 0.05) is 26.2 Å². The fourth-order valence-electron chi connectivity index (χ4n) is 2.71. The molecule has 0 radical (unpaired) electrons. The van der Waals surface area contributed by atoms with Gasteiger partial charge in [-0.25, -0.2) is 17.6 Å². The van der Waals surface area contributed by atoms with Gasteiger partial charge in [0.1, 0.15) is 11.4 Å². The van der Waals surface area contributed by atoms with Gasteiger partial charge in [0.05, 0.1) is 4.90 Å². The van der Waals surface area contributed by atoms with Gasteiger partial charge in [0.2, 0.25) is 10.0 Å². The number of rotatable bonds is 3. The molecule has 1 aliphatic rings. The molecule has 1 amide bonds. The number of amides is 1. The van der Waals surface area contributed by atoms with Gasteiger partial charge in [-0.05, 0) is 57.9 Å². The van der Waals surface area contributed by atoms with Crippen LogP contribution < -0.4 is 0 Å². The van der Waals surface area contributed by atoms with Crippen molar-refractivity contribution < 1.29 is 22.3 Å². The van der Waals surface area contributed by atoms with E-state index in [4.69, 9.17) is 4.74 Å². The zero-order valence-corrected chi connectivity index (χ0v) is 15.8. The molecule has 1 aliphatic heterocycles. The lowest BCUT2D eigenvalue weighted by molar-refractivity contribution is 0.0183. The zero-order chi connectivity index (χ0) is 18.8. The minimum Gasteiger partial charge on any atom is -0.444 e. The van der Waals surface area contributed by atoms with E-state index in [1.807, 2.05) is 0 Å². The summed E-state index contributed by atoms with van der Waals surface area (Å²) in [6.07, 6.45) is 0.668. The van der Waals surface area contributed by atoms with E-state index in [2.05, 4.69) is 0 Å². The number of likely N-dealkylation sites (tertiary alicyclic amines) is 1. The summed E-state index contributed by atoms with van der Waals surface area (Å²) in [5.41, 5.74) is -0.559. The first-order valence-electron chi connectivity index (χ1n) is 8.22. The molecule has 1 aromatic carbocycles. The van der Waals surface area contributed by atoms with Crippen LogP contribution in [0.1, 0.15) is 33.6 Å². The predicted molar refractivity (Wildman–Crippen MR) is 92.2 cm³/mol. The number of sulfonamides is 1. The number of piperidine rings is 1. The Morgan fingerprint density at radius 3 is 2.20 bits per heavy atom. The Bertz CT molecular complexity index is 705. The highest BCUT2D eigenvalue weighted by molar-refractivity contribution is 7.89. The van der Waals surface area contributed by atoms with E-state index in [1.165, 1.54) is 23.5 Å². The molecule has 1 aromatic rings. The standard InChI is InChI=1S/C17H25FN2O4S/c1-17(2,3)24-16(21)20-11-9-14(10-12-20)19(4)25(22,23)15-7-5-13(18)6-8-15/h5-8,14H,9-12H2,1-4H3. The topological polar surface area (TPSA) is 66.9 Å². The van der Waals surface area contributed by atoms with Crippen LogP contribution in [0.4, 0.5) is 9.18 Å². The van der Waals surface area contributed by atoms with Crippen molar-refractivity contribution in [3.05, 3.63) is 30.1 Å². The number of ether oxygens (including phenoxy) is 1. The van der Waals surface area contributed by atoms with Gasteiger partial charge >= 0.3 is 6.09 Å². The van der Waals surface area contributed by atoms with Crippen LogP contribution in [0.25, 0.3) is 0 Å². The molecule has 0 aliphatic carbocycles. The van der Waals surface area contributed by atoms with Crippen molar-refractivity contribution in [3.63, 3.8) is 0 Å². The first kappa shape index (κ1) is 19.7. The van der Waals surface area contributed by atoms with Crippen LogP contribution in [0.15, 0.2) is 29.2 Å². The average Bonchev–Trinajstić information content (AvgIpc) is 2.53. The van der Waals surface area contributed by atoms with Crippen molar-refractivity contribution >= 4 is 16.1 Å². The summed E-state index contributed by atoms with van der Waals surface area (Å²) in [6, 6.07) is 4.57. The highest BCUT2D eigenvalue weighted by atomic mass is 32.2. The van der Waals surface area contributed by atoms with Crippen LogP contribution in [0.2, 0.25) is 0 Å². The van der Waals surface area contributed by atoms with Gasteiger partial charge < -0.3 is 9.64 Å². The van der Waals surface area contributed by atoms with Crippen molar-refractivity contribution in [2.75, 3.05) is 20.1 Å². The maximum absolute atomic E-state index is 13.0. The van der Waals surface area contributed by atoms with Crippen LogP contribution in [0.5, 0.6) is 0 Å². The highest BCUT2D eigenvalue weighted by Gasteiger charge is 2.33. The third kappa shape index (κ3) is 4.92. The van der Waals surface area contributed by atoms with Crippen molar-refractivity contribution in [3.8, 4) is 0 Å². The van der Waals surface area contributed by atoms with E-state index in [0.29, 0.717) is 25.9 Å². The first-order chi connectivity index (χ1) is 11.5. The summed E-state index contributed by atoms with van der Waals surface area (Å²) >= 11 is 0. The van der Waals surface area contributed by atoms with Gasteiger partial charge in [0.15, 0.2) is 0 Å². The maximum atomic E-state index is 13.0. The van der Waals surface area contributed by atoms with Crippen LogP contribution in [-0.4, -0.2) is 55.5 Å². The Kier molecular flexibility index (Phi) is 5.73. The maximum Gasteiger partial charge on any atom is 0.410 e. The van der Waals surface area contributed by atoms with E-state index >= 15 is 0 Å². The van der Waals surface area contributed by atoms with Crippen molar-refractivity contribution in [2.45, 2.75) is 50.2 Å². The number of benzene rings is 1. The first-order valence-corrected chi connectivity index (χ1v) is 9.66. The summed E-state index contributed by atoms with van der Waals surface area (Å²) < 4.78 is 44.9. The molecule has 140 valence electrons. The molecular weight excluding hydrogens is 347 g/mol. The van der Waals surface area contributed by atoms with Crippen LogP contribution in [-0.2, 0) is 14.8 Å². The Morgan fingerprint density at radius 1 is 1.20 bits per heavy atom. The number of nitrogens with zero attached hydrogens (tertiary/aromatic N) is 2. The molecule has 0 spiro atoms. The largest absolute Gasteiger partial charge is 0.444 e. The second kappa shape index (κ2) is 7.29. The minimum absolute atomic E-state index is 0.0611. The lowest BCUT2D eigenvalue weighted by atomic mass is 10.1. The molecule has 1 fully saturated rings. The normalized spacial score (nSPS) is 17.0. The number of hydrogen-bond donors (Lipinski definition) is 0. The fraction of sp³-hybridized carbons (Fsp3) is 0.588. The van der Waals surface area contributed by atoms with Crippen LogP contribution in [0, 0.1) is 5.82 Å². The van der Waals surface area contributed by atoms with Crippen LogP contribution in [0.3, 0.4) is 0 Å².